The van der Waals surface area contributed by atoms with Crippen LogP contribution < -0.4 is 4.74 Å². The van der Waals surface area contributed by atoms with Crippen LogP contribution >= 0.6 is 0 Å². The number of aryl methyl sites for hydroxylation is 2. The SMILES string of the molecule is CC.COc1cc(C)c(C[N-]C2CN(C)C2)cc1C(C)C.Cc1cn(-c2ccc([NH-])cc2F)cn1.[Y]. The van der Waals surface area contributed by atoms with Gasteiger partial charge in [-0.3, -0.25) is 0 Å². The fraction of sp³-hybridized carbons (Fsp3) is 0.464. The van der Waals surface area contributed by atoms with Crippen LogP contribution in [0.2, 0.25) is 0 Å². The number of likely N-dealkylation sites (tertiary alicyclic amines) is 1. The maximum Gasteiger partial charge on any atom is 0.145 e. The minimum Gasteiger partial charge on any atom is -0.699 e. The van der Waals surface area contributed by atoms with Gasteiger partial charge in [0.25, 0.3) is 0 Å². The molecule has 0 atom stereocenters. The van der Waals surface area contributed by atoms with Crippen molar-refractivity contribution < 1.29 is 41.8 Å². The molecule has 0 amide bonds. The van der Waals surface area contributed by atoms with Crippen molar-refractivity contribution in [3.63, 3.8) is 0 Å². The first-order valence-electron chi connectivity index (χ1n) is 12.2. The Labute approximate surface area is 241 Å². The van der Waals surface area contributed by atoms with E-state index in [1.165, 1.54) is 22.8 Å². The average Bonchev–Trinajstić information content (AvgIpc) is 3.23. The number of methoxy groups -OCH3 is 1. The smallest absolute Gasteiger partial charge is 0.145 e. The minimum atomic E-state index is -0.408. The third-order valence-electron chi connectivity index (χ3n) is 5.81. The van der Waals surface area contributed by atoms with Crippen LogP contribution in [0, 0.1) is 19.7 Å². The number of ether oxygens (including phenoxy) is 1. The van der Waals surface area contributed by atoms with Crippen molar-refractivity contribution in [3.05, 3.63) is 82.1 Å². The summed E-state index contributed by atoms with van der Waals surface area (Å²) in [6.07, 6.45) is 3.29. The van der Waals surface area contributed by atoms with E-state index in [4.69, 9.17) is 15.8 Å². The van der Waals surface area contributed by atoms with Crippen molar-refractivity contribution >= 4 is 5.69 Å². The predicted molar refractivity (Wildman–Crippen MR) is 144 cm³/mol. The largest absolute Gasteiger partial charge is 0.699 e. The molecule has 8 heteroatoms. The first-order valence-corrected chi connectivity index (χ1v) is 12.2. The topological polar surface area (TPSA) is 68.2 Å². The molecule has 0 saturated carbocycles. The fourth-order valence-electron chi connectivity index (χ4n) is 3.82. The summed E-state index contributed by atoms with van der Waals surface area (Å²) in [5.74, 6) is 1.07. The molecule has 2 heterocycles. The van der Waals surface area contributed by atoms with Crippen LogP contribution in [0.5, 0.6) is 5.75 Å². The molecule has 3 aromatic rings. The van der Waals surface area contributed by atoms with Crippen LogP contribution in [0.25, 0.3) is 16.7 Å². The van der Waals surface area contributed by atoms with E-state index in [-0.39, 0.29) is 38.4 Å². The van der Waals surface area contributed by atoms with Gasteiger partial charge in [0.2, 0.25) is 0 Å². The van der Waals surface area contributed by atoms with Gasteiger partial charge in [-0.2, -0.15) is 0 Å². The van der Waals surface area contributed by atoms with Gasteiger partial charge in [0.15, 0.2) is 0 Å². The molecule has 1 fully saturated rings. The molecule has 0 unspecified atom stereocenters. The number of hydrogen-bond donors (Lipinski definition) is 0. The standard InChI is InChI=1S/C16H25N2O.C10H9FN3.C2H6.Y/c1-11(2)15-7-13(12(3)6-16(15)19-5)8-17-14-9-18(4)10-14;1-7-5-14(6-13-7)10-3-2-8(12)4-9(10)11;1-2;/h6-7,11,14H,8-10H2,1-5H3;2-6,12H,1H3;1-2H3;/q2*-1;;. The van der Waals surface area contributed by atoms with Gasteiger partial charge in [0.05, 0.1) is 24.8 Å². The summed E-state index contributed by atoms with van der Waals surface area (Å²) >= 11 is 0. The third-order valence-corrected chi connectivity index (χ3v) is 5.81. The molecule has 1 aromatic heterocycles. The number of imidazole rings is 1. The molecule has 2 aromatic carbocycles. The van der Waals surface area contributed by atoms with E-state index in [1.54, 1.807) is 36.3 Å². The van der Waals surface area contributed by atoms with Gasteiger partial charge in [-0.05, 0) is 69.2 Å². The molecule has 1 radical (unpaired) electrons. The Morgan fingerprint density at radius 3 is 2.33 bits per heavy atom. The normalized spacial score (nSPS) is 13.1. The molecular formula is C28H40FN5OY-2. The van der Waals surface area contributed by atoms with Gasteiger partial charge >= 0.3 is 0 Å². The van der Waals surface area contributed by atoms with Gasteiger partial charge in [-0.1, -0.05) is 45.4 Å². The van der Waals surface area contributed by atoms with Gasteiger partial charge in [-0.25, -0.2) is 9.37 Å². The Bertz CT molecular complexity index is 1080. The molecule has 36 heavy (non-hydrogen) atoms. The summed E-state index contributed by atoms with van der Waals surface area (Å²) in [7, 11) is 3.89. The Morgan fingerprint density at radius 2 is 1.83 bits per heavy atom. The van der Waals surface area contributed by atoms with E-state index in [2.05, 4.69) is 49.8 Å². The predicted octanol–water partition coefficient (Wildman–Crippen LogP) is 7.34. The van der Waals surface area contributed by atoms with Crippen LogP contribution in [0.4, 0.5) is 10.1 Å². The molecule has 4 rings (SSSR count). The van der Waals surface area contributed by atoms with Crippen molar-refractivity contribution in [3.8, 4) is 11.4 Å². The maximum atomic E-state index is 13.4. The van der Waals surface area contributed by atoms with Crippen molar-refractivity contribution in [1.29, 1.82) is 0 Å². The number of halogens is 1. The van der Waals surface area contributed by atoms with Gasteiger partial charge < -0.3 is 25.3 Å². The van der Waals surface area contributed by atoms with E-state index >= 15 is 0 Å². The second-order valence-corrected chi connectivity index (χ2v) is 8.98. The number of rotatable bonds is 6. The summed E-state index contributed by atoms with van der Waals surface area (Å²) < 4.78 is 20.5. The first kappa shape index (κ1) is 32.2. The second-order valence-electron chi connectivity index (χ2n) is 8.98. The Balaban J connectivity index is 0.000000340. The molecular weight excluding hydrogens is 530 g/mol. The zero-order chi connectivity index (χ0) is 26.1. The van der Waals surface area contributed by atoms with E-state index < -0.39 is 5.82 Å². The monoisotopic (exact) mass is 570 g/mol. The van der Waals surface area contributed by atoms with Crippen LogP contribution in [0.1, 0.15) is 56.0 Å². The fourth-order valence-corrected chi connectivity index (χ4v) is 3.82. The van der Waals surface area contributed by atoms with Gasteiger partial charge in [-0.15, -0.1) is 18.3 Å². The molecule has 0 spiro atoms. The van der Waals surface area contributed by atoms with Crippen molar-refractivity contribution in [2.75, 3.05) is 27.2 Å². The molecule has 1 N–H and O–H groups in total. The zero-order valence-corrected chi connectivity index (χ0v) is 25.8. The molecule has 1 aliphatic rings. The minimum absolute atomic E-state index is 0. The zero-order valence-electron chi connectivity index (χ0n) is 23.0. The summed E-state index contributed by atoms with van der Waals surface area (Å²) in [5.41, 5.74) is 12.5. The molecule has 1 saturated heterocycles. The summed E-state index contributed by atoms with van der Waals surface area (Å²) in [4.78, 5) is 6.31. The Morgan fingerprint density at radius 1 is 1.17 bits per heavy atom. The van der Waals surface area contributed by atoms with E-state index in [0.29, 0.717) is 17.6 Å². The Hall–Kier alpha value is -1.80. The number of hydrogen-bond acceptors (Lipinski definition) is 3. The van der Waals surface area contributed by atoms with E-state index in [0.717, 1.165) is 31.1 Å². The van der Waals surface area contributed by atoms with Crippen molar-refractivity contribution in [1.82, 2.24) is 14.5 Å². The number of aromatic nitrogens is 2. The molecule has 195 valence electrons. The van der Waals surface area contributed by atoms with Crippen molar-refractivity contribution in [2.45, 2.75) is 60.0 Å². The summed E-state index contributed by atoms with van der Waals surface area (Å²) in [6.45, 7) is 15.4. The van der Waals surface area contributed by atoms with E-state index in [9.17, 15) is 4.39 Å². The number of benzene rings is 2. The molecule has 0 aliphatic carbocycles. The van der Waals surface area contributed by atoms with Crippen molar-refractivity contribution in [2.24, 2.45) is 0 Å². The van der Waals surface area contributed by atoms with Crippen LogP contribution in [0.15, 0.2) is 42.9 Å². The summed E-state index contributed by atoms with van der Waals surface area (Å²) in [6, 6.07) is 9.24. The number of likely N-dealkylation sites (N-methyl/N-ethyl adjacent to an activating group) is 1. The maximum absolute atomic E-state index is 13.4. The number of nitrogens with one attached hydrogen (secondary N) is 1. The third kappa shape index (κ3) is 8.95. The van der Waals surface area contributed by atoms with E-state index in [1.807, 2.05) is 20.8 Å². The van der Waals surface area contributed by atoms with Gasteiger partial charge in [0, 0.05) is 38.9 Å². The van der Waals surface area contributed by atoms with Crippen LogP contribution in [0.3, 0.4) is 0 Å². The molecule has 6 nitrogen and oxygen atoms in total. The van der Waals surface area contributed by atoms with Crippen LogP contribution in [-0.4, -0.2) is 47.7 Å². The first-order chi connectivity index (χ1) is 16.7. The number of nitrogens with zero attached hydrogens (tertiary/aromatic N) is 4. The second kappa shape index (κ2) is 15.5. The van der Waals surface area contributed by atoms with Crippen LogP contribution in [-0.2, 0) is 39.3 Å². The Kier molecular flexibility index (Phi) is 13.8. The molecule has 0 bridgehead atoms. The van der Waals surface area contributed by atoms with Gasteiger partial charge in [0.1, 0.15) is 11.6 Å². The quantitative estimate of drug-likeness (QED) is 0.311. The summed E-state index contributed by atoms with van der Waals surface area (Å²) in [5, 5.41) is 4.78. The molecule has 1 aliphatic heterocycles. The average molecular weight is 571 g/mol.